The Bertz CT molecular complexity index is 1220. The van der Waals surface area contributed by atoms with Crippen molar-refractivity contribution in [3.05, 3.63) is 83.0 Å². The standard InChI is InChI=1S/C26H28ClFN6/c27-24-9-10-25(32-31-24)29-13-16-33-14-11-19(12-15-33)17-26-30-22-3-1-2-4-23(22)34(26)18-20-5-7-21(28)8-6-20/h1-10,19H,11-18H2,(H,29,32). The number of hydrogen-bond donors (Lipinski definition) is 1. The zero-order valence-electron chi connectivity index (χ0n) is 19.0. The minimum absolute atomic E-state index is 0.206. The summed E-state index contributed by atoms with van der Waals surface area (Å²) in [5.41, 5.74) is 3.24. The molecule has 1 aliphatic rings. The monoisotopic (exact) mass is 478 g/mol. The first kappa shape index (κ1) is 22.7. The maximum absolute atomic E-state index is 13.4. The zero-order chi connectivity index (χ0) is 23.3. The number of nitrogens with zero attached hydrogens (tertiary/aromatic N) is 5. The third-order valence-electron chi connectivity index (χ3n) is 6.53. The van der Waals surface area contributed by atoms with Gasteiger partial charge in [-0.1, -0.05) is 35.9 Å². The Hall–Kier alpha value is -3.03. The summed E-state index contributed by atoms with van der Waals surface area (Å²) in [6, 6.07) is 18.6. The average molecular weight is 479 g/mol. The smallest absolute Gasteiger partial charge is 0.151 e. The zero-order valence-corrected chi connectivity index (χ0v) is 19.8. The number of para-hydroxylation sites is 2. The highest BCUT2D eigenvalue weighted by molar-refractivity contribution is 6.29. The summed E-state index contributed by atoms with van der Waals surface area (Å²) in [6.45, 7) is 4.66. The van der Waals surface area contributed by atoms with E-state index in [4.69, 9.17) is 16.6 Å². The number of piperidine rings is 1. The minimum Gasteiger partial charge on any atom is -0.367 e. The van der Waals surface area contributed by atoms with Crippen LogP contribution in [0.3, 0.4) is 0 Å². The lowest BCUT2D eigenvalue weighted by atomic mass is 9.93. The number of hydrogen-bond acceptors (Lipinski definition) is 5. The first-order valence-electron chi connectivity index (χ1n) is 11.8. The number of aromatic nitrogens is 4. The van der Waals surface area contributed by atoms with Crippen molar-refractivity contribution in [1.82, 2.24) is 24.6 Å². The van der Waals surface area contributed by atoms with Gasteiger partial charge >= 0.3 is 0 Å². The summed E-state index contributed by atoms with van der Waals surface area (Å²) < 4.78 is 15.7. The van der Waals surface area contributed by atoms with Crippen molar-refractivity contribution in [2.75, 3.05) is 31.5 Å². The molecule has 34 heavy (non-hydrogen) atoms. The number of rotatable bonds is 8. The summed E-state index contributed by atoms with van der Waals surface area (Å²) in [5, 5.41) is 11.6. The fourth-order valence-electron chi connectivity index (χ4n) is 4.65. The van der Waals surface area contributed by atoms with Gasteiger partial charge in [-0.25, -0.2) is 9.37 Å². The predicted octanol–water partition coefficient (Wildman–Crippen LogP) is 5.03. The summed E-state index contributed by atoms with van der Waals surface area (Å²) in [4.78, 5) is 7.47. The molecule has 8 heteroatoms. The van der Waals surface area contributed by atoms with E-state index in [1.807, 2.05) is 24.3 Å². The average Bonchev–Trinajstić information content (AvgIpc) is 3.19. The summed E-state index contributed by atoms with van der Waals surface area (Å²) in [7, 11) is 0. The molecule has 0 atom stereocenters. The number of nitrogens with one attached hydrogen (secondary N) is 1. The van der Waals surface area contributed by atoms with E-state index in [1.54, 1.807) is 6.07 Å². The number of anilines is 1. The number of halogens is 2. The van der Waals surface area contributed by atoms with Gasteiger partial charge < -0.3 is 14.8 Å². The Balaban J connectivity index is 1.18. The second kappa shape index (κ2) is 10.5. The number of benzene rings is 2. The van der Waals surface area contributed by atoms with Crippen LogP contribution in [0.4, 0.5) is 10.2 Å². The topological polar surface area (TPSA) is 58.9 Å². The van der Waals surface area contributed by atoms with Crippen LogP contribution in [0.2, 0.25) is 5.15 Å². The molecule has 1 saturated heterocycles. The quantitative estimate of drug-likeness (QED) is 0.384. The van der Waals surface area contributed by atoms with Gasteiger partial charge in [0.2, 0.25) is 0 Å². The van der Waals surface area contributed by atoms with Crippen molar-refractivity contribution < 1.29 is 4.39 Å². The highest BCUT2D eigenvalue weighted by Crippen LogP contribution is 2.25. The van der Waals surface area contributed by atoms with Crippen LogP contribution in [-0.4, -0.2) is 50.8 Å². The Morgan fingerprint density at radius 2 is 1.76 bits per heavy atom. The molecule has 1 fully saturated rings. The molecule has 6 nitrogen and oxygen atoms in total. The van der Waals surface area contributed by atoms with E-state index >= 15 is 0 Å². The fraction of sp³-hybridized carbons (Fsp3) is 0.346. The Kier molecular flexibility index (Phi) is 7.02. The van der Waals surface area contributed by atoms with Crippen LogP contribution in [0.15, 0.2) is 60.7 Å². The number of imidazole rings is 1. The highest BCUT2D eigenvalue weighted by atomic mass is 35.5. The van der Waals surface area contributed by atoms with Gasteiger partial charge in [-0.3, -0.25) is 0 Å². The molecule has 1 aliphatic heterocycles. The van der Waals surface area contributed by atoms with Crippen LogP contribution in [0, 0.1) is 11.7 Å². The van der Waals surface area contributed by atoms with Crippen molar-refractivity contribution in [3.8, 4) is 0 Å². The molecule has 176 valence electrons. The lowest BCUT2D eigenvalue weighted by molar-refractivity contribution is 0.188. The van der Waals surface area contributed by atoms with Crippen LogP contribution in [0.25, 0.3) is 11.0 Å². The molecule has 2 aromatic heterocycles. The van der Waals surface area contributed by atoms with Gasteiger partial charge in [0.25, 0.3) is 0 Å². The van der Waals surface area contributed by atoms with Gasteiger partial charge in [-0.05, 0) is 73.8 Å². The van der Waals surface area contributed by atoms with E-state index in [2.05, 4.69) is 43.2 Å². The molecule has 2 aromatic carbocycles. The van der Waals surface area contributed by atoms with E-state index in [0.29, 0.717) is 17.6 Å². The lowest BCUT2D eigenvalue weighted by Gasteiger charge is -2.32. The number of likely N-dealkylation sites (tertiary alicyclic amines) is 1. The highest BCUT2D eigenvalue weighted by Gasteiger charge is 2.22. The molecule has 0 saturated carbocycles. The Labute approximate surface area is 203 Å². The van der Waals surface area contributed by atoms with Crippen LogP contribution in [0.5, 0.6) is 0 Å². The molecule has 4 aromatic rings. The van der Waals surface area contributed by atoms with E-state index < -0.39 is 0 Å². The van der Waals surface area contributed by atoms with Gasteiger partial charge in [-0.2, -0.15) is 0 Å². The summed E-state index contributed by atoms with van der Waals surface area (Å²) in [5.74, 6) is 2.27. The Morgan fingerprint density at radius 1 is 0.971 bits per heavy atom. The van der Waals surface area contributed by atoms with Gasteiger partial charge in [0.1, 0.15) is 17.5 Å². The fourth-order valence-corrected chi connectivity index (χ4v) is 4.76. The Morgan fingerprint density at radius 3 is 2.53 bits per heavy atom. The summed E-state index contributed by atoms with van der Waals surface area (Å²) in [6.07, 6.45) is 3.27. The maximum atomic E-state index is 13.4. The van der Waals surface area contributed by atoms with Crippen LogP contribution >= 0.6 is 11.6 Å². The molecule has 0 bridgehead atoms. The van der Waals surface area contributed by atoms with E-state index in [0.717, 1.165) is 73.7 Å². The largest absolute Gasteiger partial charge is 0.367 e. The first-order valence-corrected chi connectivity index (χ1v) is 12.2. The van der Waals surface area contributed by atoms with Crippen LogP contribution in [-0.2, 0) is 13.0 Å². The number of fused-ring (bicyclic) bond motifs is 1. The molecule has 0 amide bonds. The van der Waals surface area contributed by atoms with Crippen LogP contribution in [0.1, 0.15) is 24.2 Å². The second-order valence-electron chi connectivity index (χ2n) is 8.89. The molecule has 0 unspecified atom stereocenters. The SMILES string of the molecule is Fc1ccc(Cn2c(CC3CCN(CCNc4ccc(Cl)nn4)CC3)nc3ccccc32)cc1. The van der Waals surface area contributed by atoms with E-state index in [1.165, 1.54) is 12.1 Å². The van der Waals surface area contributed by atoms with Crippen molar-refractivity contribution >= 4 is 28.5 Å². The van der Waals surface area contributed by atoms with E-state index in [-0.39, 0.29) is 5.82 Å². The van der Waals surface area contributed by atoms with Crippen molar-refractivity contribution in [2.24, 2.45) is 5.92 Å². The maximum Gasteiger partial charge on any atom is 0.151 e. The van der Waals surface area contributed by atoms with Crippen molar-refractivity contribution in [2.45, 2.75) is 25.8 Å². The van der Waals surface area contributed by atoms with Gasteiger partial charge in [0.15, 0.2) is 5.15 Å². The first-order chi connectivity index (χ1) is 16.6. The van der Waals surface area contributed by atoms with Crippen LogP contribution < -0.4 is 5.32 Å². The minimum atomic E-state index is -0.206. The summed E-state index contributed by atoms with van der Waals surface area (Å²) >= 11 is 5.79. The third-order valence-corrected chi connectivity index (χ3v) is 6.73. The normalized spacial score (nSPS) is 15.1. The third kappa shape index (κ3) is 5.54. The van der Waals surface area contributed by atoms with Gasteiger partial charge in [-0.15, -0.1) is 10.2 Å². The molecule has 5 rings (SSSR count). The lowest BCUT2D eigenvalue weighted by Crippen LogP contribution is -2.37. The predicted molar refractivity (Wildman–Crippen MR) is 134 cm³/mol. The van der Waals surface area contributed by atoms with Gasteiger partial charge in [0, 0.05) is 26.1 Å². The van der Waals surface area contributed by atoms with Gasteiger partial charge in [0.05, 0.1) is 11.0 Å². The molecule has 0 radical (unpaired) electrons. The molecule has 0 spiro atoms. The molecular weight excluding hydrogens is 451 g/mol. The molecule has 0 aliphatic carbocycles. The molecular formula is C26H28ClFN6. The van der Waals surface area contributed by atoms with Crippen molar-refractivity contribution in [1.29, 1.82) is 0 Å². The van der Waals surface area contributed by atoms with Crippen molar-refractivity contribution in [3.63, 3.8) is 0 Å². The second-order valence-corrected chi connectivity index (χ2v) is 9.27. The molecule has 1 N–H and O–H groups in total. The van der Waals surface area contributed by atoms with E-state index in [9.17, 15) is 4.39 Å². The molecule has 3 heterocycles.